The molecule has 0 radical (unpaired) electrons. The van der Waals surface area contributed by atoms with E-state index in [4.69, 9.17) is 23.2 Å². The highest BCUT2D eigenvalue weighted by molar-refractivity contribution is 7.91. The normalized spacial score (nSPS) is 11.3. The Hall–Kier alpha value is -2.92. The first-order chi connectivity index (χ1) is 14.8. The van der Waals surface area contributed by atoms with Gasteiger partial charge < -0.3 is 0 Å². The van der Waals surface area contributed by atoms with Crippen molar-refractivity contribution in [2.24, 2.45) is 0 Å². The third-order valence-corrected chi connectivity index (χ3v) is 7.16. The molecule has 0 fully saturated rings. The first kappa shape index (κ1) is 21.3. The van der Waals surface area contributed by atoms with Gasteiger partial charge in [-0.2, -0.15) is 0 Å². The molecular weight excluding hydrogens is 451 g/mol. The summed E-state index contributed by atoms with van der Waals surface area (Å²) in [5.41, 5.74) is 2.85. The van der Waals surface area contributed by atoms with Crippen molar-refractivity contribution in [2.45, 2.75) is 9.79 Å². The second-order valence-corrected chi connectivity index (χ2v) is 9.72. The molecule has 0 heterocycles. The predicted octanol–water partition coefficient (Wildman–Crippen LogP) is 6.72. The molecule has 0 spiro atoms. The second-order valence-electron chi connectivity index (χ2n) is 6.90. The van der Waals surface area contributed by atoms with Crippen LogP contribution in [0.5, 0.6) is 0 Å². The fraction of sp³-hybridized carbons (Fsp3) is 0. The minimum atomic E-state index is -3.62. The number of carbonyl (C=O) groups excluding carboxylic acids is 1. The molecule has 4 rings (SSSR count). The van der Waals surface area contributed by atoms with Crippen molar-refractivity contribution in [3.63, 3.8) is 0 Å². The summed E-state index contributed by atoms with van der Waals surface area (Å²) in [5, 5.41) is 1.06. The van der Waals surface area contributed by atoms with Crippen molar-refractivity contribution in [1.82, 2.24) is 0 Å². The van der Waals surface area contributed by atoms with Gasteiger partial charge in [-0.3, -0.25) is 4.79 Å². The molecule has 0 N–H and O–H groups in total. The fourth-order valence-electron chi connectivity index (χ4n) is 3.16. The highest BCUT2D eigenvalue weighted by atomic mass is 35.5. The summed E-state index contributed by atoms with van der Waals surface area (Å²) in [6, 6.07) is 26.7. The van der Waals surface area contributed by atoms with Crippen LogP contribution in [0.15, 0.2) is 107 Å². The minimum absolute atomic E-state index is 0.0902. The van der Waals surface area contributed by atoms with Gasteiger partial charge in [-0.15, -0.1) is 0 Å². The molecular formula is C25H16Cl2O3S. The van der Waals surface area contributed by atoms with Gasteiger partial charge >= 0.3 is 0 Å². The maximum Gasteiger partial charge on any atom is 0.206 e. The average molecular weight is 467 g/mol. The summed E-state index contributed by atoms with van der Waals surface area (Å²) >= 11 is 11.7. The number of carbonyl (C=O) groups is 1. The number of rotatable bonds is 5. The van der Waals surface area contributed by atoms with Crippen molar-refractivity contribution in [3.05, 3.63) is 118 Å². The lowest BCUT2D eigenvalue weighted by Crippen LogP contribution is -2.02. The van der Waals surface area contributed by atoms with Crippen molar-refractivity contribution >= 4 is 38.8 Å². The van der Waals surface area contributed by atoms with Gasteiger partial charge in [0, 0.05) is 21.2 Å². The number of hydrogen-bond donors (Lipinski definition) is 0. The van der Waals surface area contributed by atoms with Gasteiger partial charge in [-0.05, 0) is 71.8 Å². The van der Waals surface area contributed by atoms with Crippen LogP contribution in [0.1, 0.15) is 15.9 Å². The van der Waals surface area contributed by atoms with Gasteiger partial charge in [0.1, 0.15) is 0 Å². The van der Waals surface area contributed by atoms with E-state index in [9.17, 15) is 13.2 Å². The number of halogens is 2. The van der Waals surface area contributed by atoms with Gasteiger partial charge in [-0.1, -0.05) is 59.6 Å². The minimum Gasteiger partial charge on any atom is -0.289 e. The van der Waals surface area contributed by atoms with Crippen LogP contribution in [0, 0.1) is 0 Å². The topological polar surface area (TPSA) is 51.2 Å². The van der Waals surface area contributed by atoms with E-state index in [-0.39, 0.29) is 15.6 Å². The highest BCUT2D eigenvalue weighted by Gasteiger charge is 2.17. The number of sulfone groups is 1. The van der Waals surface area contributed by atoms with E-state index in [1.807, 2.05) is 12.1 Å². The zero-order chi connectivity index (χ0) is 22.0. The van der Waals surface area contributed by atoms with Crippen molar-refractivity contribution in [3.8, 4) is 11.1 Å². The van der Waals surface area contributed by atoms with Crippen LogP contribution >= 0.6 is 23.2 Å². The van der Waals surface area contributed by atoms with Crippen LogP contribution in [-0.4, -0.2) is 14.2 Å². The van der Waals surface area contributed by atoms with Gasteiger partial charge in [0.05, 0.1) is 9.79 Å². The molecule has 0 atom stereocenters. The number of benzene rings is 4. The predicted molar refractivity (Wildman–Crippen MR) is 124 cm³/mol. The highest BCUT2D eigenvalue weighted by Crippen LogP contribution is 2.26. The average Bonchev–Trinajstić information content (AvgIpc) is 2.80. The quantitative estimate of drug-likeness (QED) is 0.306. The Labute approximate surface area is 190 Å². The van der Waals surface area contributed by atoms with Crippen LogP contribution < -0.4 is 0 Å². The molecule has 0 saturated carbocycles. The fourth-order valence-corrected chi connectivity index (χ4v) is 4.67. The zero-order valence-corrected chi connectivity index (χ0v) is 18.5. The molecule has 0 aliphatic carbocycles. The second kappa shape index (κ2) is 8.67. The van der Waals surface area contributed by atoms with Gasteiger partial charge in [0.25, 0.3) is 0 Å². The SMILES string of the molecule is O=C(c1ccc(Cl)cc1)c1ccc(-c2ccc(S(=O)(=O)c3ccc(Cl)cc3)cc2)cc1. The number of hydrogen-bond acceptors (Lipinski definition) is 3. The molecule has 0 aromatic heterocycles. The van der Waals surface area contributed by atoms with Crippen LogP contribution in [0.25, 0.3) is 11.1 Å². The molecule has 0 saturated heterocycles. The van der Waals surface area contributed by atoms with E-state index in [0.29, 0.717) is 21.2 Å². The van der Waals surface area contributed by atoms with Crippen LogP contribution in [-0.2, 0) is 9.84 Å². The summed E-state index contributed by atoms with van der Waals surface area (Å²) in [5.74, 6) is -0.0902. The Kier molecular flexibility index (Phi) is 5.96. The summed E-state index contributed by atoms with van der Waals surface area (Å²) in [4.78, 5) is 13.0. The summed E-state index contributed by atoms with van der Waals surface area (Å²) < 4.78 is 25.6. The molecule has 0 aliphatic heterocycles. The molecule has 4 aromatic carbocycles. The standard InChI is InChI=1S/C25H16Cl2O3S/c26-21-9-5-20(6-10-21)25(28)19-3-1-17(2-4-19)18-7-13-23(14-8-18)31(29,30)24-15-11-22(27)12-16-24/h1-16H. The molecule has 3 nitrogen and oxygen atoms in total. The van der Waals surface area contributed by atoms with Gasteiger partial charge in [0.15, 0.2) is 5.78 Å². The van der Waals surface area contributed by atoms with Gasteiger partial charge in [0.2, 0.25) is 9.84 Å². The third-order valence-electron chi connectivity index (χ3n) is 4.88. The van der Waals surface area contributed by atoms with Gasteiger partial charge in [-0.25, -0.2) is 8.42 Å². The van der Waals surface area contributed by atoms with Crippen LogP contribution in [0.3, 0.4) is 0 Å². The largest absolute Gasteiger partial charge is 0.289 e. The number of ketones is 1. The van der Waals surface area contributed by atoms with E-state index >= 15 is 0 Å². The van der Waals surface area contributed by atoms with E-state index in [1.165, 1.54) is 12.1 Å². The third kappa shape index (κ3) is 4.57. The lowest BCUT2D eigenvalue weighted by atomic mass is 9.99. The van der Waals surface area contributed by atoms with Crippen molar-refractivity contribution in [2.75, 3.05) is 0 Å². The Balaban J connectivity index is 1.56. The Morgan fingerprint density at radius 1 is 0.516 bits per heavy atom. The van der Waals surface area contributed by atoms with Crippen LogP contribution in [0.4, 0.5) is 0 Å². The monoisotopic (exact) mass is 466 g/mol. The molecule has 0 amide bonds. The Morgan fingerprint density at radius 3 is 1.29 bits per heavy atom. The summed E-state index contributed by atoms with van der Waals surface area (Å²) in [6.45, 7) is 0. The zero-order valence-electron chi connectivity index (χ0n) is 16.1. The molecule has 0 bridgehead atoms. The maximum atomic E-state index is 12.8. The summed E-state index contributed by atoms with van der Waals surface area (Å²) in [6.07, 6.45) is 0. The van der Waals surface area contributed by atoms with Crippen molar-refractivity contribution in [1.29, 1.82) is 0 Å². The van der Waals surface area contributed by atoms with Crippen LogP contribution in [0.2, 0.25) is 10.0 Å². The van der Waals surface area contributed by atoms with E-state index in [2.05, 4.69) is 0 Å². The molecule has 0 unspecified atom stereocenters. The van der Waals surface area contributed by atoms with E-state index in [1.54, 1.807) is 72.8 Å². The smallest absolute Gasteiger partial charge is 0.206 e. The first-order valence-electron chi connectivity index (χ1n) is 9.36. The summed E-state index contributed by atoms with van der Waals surface area (Å²) in [7, 11) is -3.62. The molecule has 4 aromatic rings. The first-order valence-corrected chi connectivity index (χ1v) is 11.6. The van der Waals surface area contributed by atoms with E-state index in [0.717, 1.165) is 11.1 Å². The Morgan fingerprint density at radius 2 is 0.839 bits per heavy atom. The lowest BCUT2D eigenvalue weighted by Gasteiger charge is -2.08. The molecule has 31 heavy (non-hydrogen) atoms. The lowest BCUT2D eigenvalue weighted by molar-refractivity contribution is 0.103. The maximum absolute atomic E-state index is 12.8. The van der Waals surface area contributed by atoms with Crippen molar-refractivity contribution < 1.29 is 13.2 Å². The Bertz CT molecular complexity index is 1330. The van der Waals surface area contributed by atoms with E-state index < -0.39 is 9.84 Å². The molecule has 0 aliphatic rings. The molecule has 154 valence electrons. The molecule has 6 heteroatoms.